The summed E-state index contributed by atoms with van der Waals surface area (Å²) in [4.78, 5) is 0. The molecule has 0 aromatic carbocycles. The Hall–Kier alpha value is 0.180. The molecule has 1 N–H and O–H groups in total. The van der Waals surface area contributed by atoms with Gasteiger partial charge in [0, 0.05) is 11.9 Å². The lowest BCUT2D eigenvalue weighted by molar-refractivity contribution is 0.913. The molecule has 0 rings (SSSR count). The van der Waals surface area contributed by atoms with Crippen molar-refractivity contribution in [1.29, 1.82) is 0 Å². The van der Waals surface area contributed by atoms with Crippen LogP contribution in [0.2, 0.25) is 0 Å². The van der Waals surface area contributed by atoms with Crippen molar-refractivity contribution in [2.75, 3.05) is 18.9 Å². The van der Waals surface area contributed by atoms with Crippen molar-refractivity contribution in [3.8, 4) is 0 Å². The molecule has 48 valence electrons. The van der Waals surface area contributed by atoms with Crippen LogP contribution in [-0.2, 0) is 0 Å². The van der Waals surface area contributed by atoms with Crippen molar-refractivity contribution in [1.82, 2.24) is 5.32 Å². The second-order valence-electron chi connectivity index (χ2n) is 1.74. The van der Waals surface area contributed by atoms with Gasteiger partial charge in [-0.25, -0.2) is 0 Å². The van der Waals surface area contributed by atoms with Gasteiger partial charge in [0.2, 0.25) is 0 Å². The zero-order valence-electron chi connectivity index (χ0n) is 5.37. The van der Waals surface area contributed by atoms with E-state index < -0.39 is 0 Å². The summed E-state index contributed by atoms with van der Waals surface area (Å²) in [5, 5.41) is 4.02. The normalized spacial score (nSPS) is 12.1. The van der Waals surface area contributed by atoms with E-state index in [4.69, 9.17) is 0 Å². The maximum Gasteiger partial charge on any atom is 0.0239 e. The summed E-state index contributed by atoms with van der Waals surface area (Å²) in [5.74, 6) is 0. The zero-order valence-corrected chi connectivity index (χ0v) is 6.96. The number of halogens is 1. The highest BCUT2D eigenvalue weighted by Crippen LogP contribution is 1.94. The molecular weight excluding hydrogens is 166 g/mol. The quantitative estimate of drug-likeness (QED) is 0.510. The fourth-order valence-electron chi connectivity index (χ4n) is 0.331. The third kappa shape index (κ3) is 4.34. The van der Waals surface area contributed by atoms with Gasteiger partial charge in [0.05, 0.1) is 0 Å². The average Bonchev–Trinajstić information content (AvgIpc) is 1.83. The Morgan fingerprint density at radius 2 is 2.38 bits per heavy atom. The average molecular weight is 178 g/mol. The number of likely N-dealkylation sites (N-methyl/N-ethyl adjacent to an activating group) is 1. The van der Waals surface area contributed by atoms with Gasteiger partial charge in [0.1, 0.15) is 0 Å². The molecule has 0 saturated heterocycles. The molecule has 0 spiro atoms. The van der Waals surface area contributed by atoms with Crippen LogP contribution < -0.4 is 5.32 Å². The maximum atomic E-state index is 3.35. The lowest BCUT2D eigenvalue weighted by Gasteiger charge is -1.91. The highest BCUT2D eigenvalue weighted by molar-refractivity contribution is 9.09. The largest absolute Gasteiger partial charge is 0.316 e. The van der Waals surface area contributed by atoms with E-state index in [-0.39, 0.29) is 0 Å². The lowest BCUT2D eigenvalue weighted by atomic mass is 10.3. The monoisotopic (exact) mass is 177 g/mol. The van der Waals surface area contributed by atoms with Gasteiger partial charge in [-0.05, 0) is 14.0 Å². The minimum absolute atomic E-state index is 0.970. The van der Waals surface area contributed by atoms with Crippen molar-refractivity contribution in [2.45, 2.75) is 6.92 Å². The topological polar surface area (TPSA) is 12.0 Å². The second-order valence-corrected chi connectivity index (χ2v) is 2.30. The van der Waals surface area contributed by atoms with Gasteiger partial charge in [0.25, 0.3) is 0 Å². The van der Waals surface area contributed by atoms with E-state index in [1.807, 2.05) is 7.05 Å². The molecule has 0 aliphatic carbocycles. The fourth-order valence-corrected chi connectivity index (χ4v) is 0.560. The molecule has 0 aromatic heterocycles. The number of rotatable bonds is 3. The molecule has 8 heavy (non-hydrogen) atoms. The molecule has 0 radical (unpaired) electrons. The van der Waals surface area contributed by atoms with Crippen molar-refractivity contribution in [3.05, 3.63) is 11.6 Å². The number of hydrogen-bond donors (Lipinski definition) is 1. The molecule has 1 nitrogen and oxygen atoms in total. The minimum atomic E-state index is 0.970. The molecule has 2 heteroatoms. The molecule has 0 saturated carbocycles. The van der Waals surface area contributed by atoms with E-state index in [0.717, 1.165) is 11.9 Å². The first-order chi connectivity index (χ1) is 3.81. The number of alkyl halides is 1. The summed E-state index contributed by atoms with van der Waals surface area (Å²) >= 11 is 3.35. The fraction of sp³-hybridized carbons (Fsp3) is 0.667. The molecular formula is C6H12BrN. The zero-order chi connectivity index (χ0) is 6.41. The van der Waals surface area contributed by atoms with Crippen LogP contribution in [0.15, 0.2) is 11.6 Å². The summed E-state index contributed by atoms with van der Waals surface area (Å²) in [6, 6.07) is 0. The summed E-state index contributed by atoms with van der Waals surface area (Å²) < 4.78 is 0. The van der Waals surface area contributed by atoms with E-state index in [2.05, 4.69) is 34.2 Å². The summed E-state index contributed by atoms with van der Waals surface area (Å²) in [6.07, 6.45) is 2.16. The van der Waals surface area contributed by atoms with E-state index in [1.165, 1.54) is 5.57 Å². The van der Waals surface area contributed by atoms with Gasteiger partial charge in [-0.2, -0.15) is 0 Å². The SMILES string of the molecule is CNC/C=C(\C)CBr. The van der Waals surface area contributed by atoms with Crippen molar-refractivity contribution in [2.24, 2.45) is 0 Å². The van der Waals surface area contributed by atoms with Crippen LogP contribution in [-0.4, -0.2) is 18.9 Å². The molecule has 0 amide bonds. The number of allylic oxidation sites excluding steroid dienone is 1. The summed E-state index contributed by atoms with van der Waals surface area (Å²) in [6.45, 7) is 3.07. The molecule has 0 aliphatic rings. The molecule has 0 heterocycles. The predicted octanol–water partition coefficient (Wildman–Crippen LogP) is 1.55. The molecule has 0 aliphatic heterocycles. The van der Waals surface area contributed by atoms with Gasteiger partial charge in [0.15, 0.2) is 0 Å². The first-order valence-electron chi connectivity index (χ1n) is 2.67. The predicted molar refractivity (Wildman–Crippen MR) is 41.5 cm³/mol. The van der Waals surface area contributed by atoms with E-state index in [9.17, 15) is 0 Å². The van der Waals surface area contributed by atoms with Crippen LogP contribution in [0.4, 0.5) is 0 Å². The Bertz CT molecular complexity index is 78.6. The Labute approximate surface area is 59.3 Å². The first-order valence-corrected chi connectivity index (χ1v) is 3.79. The van der Waals surface area contributed by atoms with Crippen LogP contribution in [0.5, 0.6) is 0 Å². The van der Waals surface area contributed by atoms with Crippen LogP contribution in [0.25, 0.3) is 0 Å². The number of hydrogen-bond acceptors (Lipinski definition) is 1. The highest BCUT2D eigenvalue weighted by atomic mass is 79.9. The van der Waals surface area contributed by atoms with E-state index >= 15 is 0 Å². The summed E-state index contributed by atoms with van der Waals surface area (Å²) in [5.41, 5.74) is 1.37. The van der Waals surface area contributed by atoms with Crippen molar-refractivity contribution >= 4 is 15.9 Å². The van der Waals surface area contributed by atoms with Crippen LogP contribution in [0, 0.1) is 0 Å². The molecule has 0 aromatic rings. The molecule has 0 unspecified atom stereocenters. The Kier molecular flexibility index (Phi) is 5.44. The van der Waals surface area contributed by atoms with Gasteiger partial charge in [-0.3, -0.25) is 0 Å². The van der Waals surface area contributed by atoms with Gasteiger partial charge < -0.3 is 5.32 Å². The van der Waals surface area contributed by atoms with Crippen molar-refractivity contribution in [3.63, 3.8) is 0 Å². The minimum Gasteiger partial charge on any atom is -0.316 e. The maximum absolute atomic E-state index is 3.35. The first kappa shape index (κ1) is 8.18. The molecule has 0 fully saturated rings. The Morgan fingerprint density at radius 1 is 1.75 bits per heavy atom. The third-order valence-corrected chi connectivity index (χ3v) is 1.75. The highest BCUT2D eigenvalue weighted by Gasteiger charge is 1.80. The standard InChI is InChI=1S/C6H12BrN/c1-6(5-7)3-4-8-2/h3,8H,4-5H2,1-2H3/b6-3+. The lowest BCUT2D eigenvalue weighted by Crippen LogP contribution is -2.04. The number of nitrogens with one attached hydrogen (secondary N) is 1. The van der Waals surface area contributed by atoms with Crippen LogP contribution in [0.1, 0.15) is 6.92 Å². The summed E-state index contributed by atoms with van der Waals surface area (Å²) in [7, 11) is 1.94. The van der Waals surface area contributed by atoms with Gasteiger partial charge in [-0.15, -0.1) is 0 Å². The van der Waals surface area contributed by atoms with E-state index in [1.54, 1.807) is 0 Å². The molecule has 0 bridgehead atoms. The Morgan fingerprint density at radius 3 is 2.75 bits per heavy atom. The second kappa shape index (κ2) is 5.32. The van der Waals surface area contributed by atoms with Crippen LogP contribution >= 0.6 is 15.9 Å². The third-order valence-electron chi connectivity index (χ3n) is 0.865. The smallest absolute Gasteiger partial charge is 0.0239 e. The Balaban J connectivity index is 3.26. The van der Waals surface area contributed by atoms with E-state index in [0.29, 0.717) is 0 Å². The van der Waals surface area contributed by atoms with Crippen LogP contribution in [0.3, 0.4) is 0 Å². The van der Waals surface area contributed by atoms with Gasteiger partial charge in [-0.1, -0.05) is 27.6 Å². The van der Waals surface area contributed by atoms with Crippen molar-refractivity contribution < 1.29 is 0 Å². The molecule has 0 atom stereocenters. The van der Waals surface area contributed by atoms with Gasteiger partial charge >= 0.3 is 0 Å².